The van der Waals surface area contributed by atoms with Crippen molar-refractivity contribution in [1.29, 1.82) is 0 Å². The maximum absolute atomic E-state index is 4.45. The highest BCUT2D eigenvalue weighted by Gasteiger charge is 2.13. The fourth-order valence-corrected chi connectivity index (χ4v) is 3.07. The molecule has 0 bridgehead atoms. The minimum Gasteiger partial charge on any atom is -0.315 e. The van der Waals surface area contributed by atoms with Gasteiger partial charge in [0.25, 0.3) is 0 Å². The summed E-state index contributed by atoms with van der Waals surface area (Å²) in [6, 6.07) is 4.10. The quantitative estimate of drug-likeness (QED) is 0.847. The molecule has 0 saturated carbocycles. The van der Waals surface area contributed by atoms with Crippen molar-refractivity contribution in [2.24, 2.45) is 0 Å². The van der Waals surface area contributed by atoms with Gasteiger partial charge in [-0.15, -0.1) is 10.2 Å². The summed E-state index contributed by atoms with van der Waals surface area (Å²) in [5.41, 5.74) is 1.21. The summed E-state index contributed by atoms with van der Waals surface area (Å²) in [6.45, 7) is 1.07. The van der Waals surface area contributed by atoms with E-state index in [2.05, 4.69) is 25.8 Å². The van der Waals surface area contributed by atoms with Crippen LogP contribution in [0.4, 0.5) is 0 Å². The van der Waals surface area contributed by atoms with Gasteiger partial charge in [-0.3, -0.25) is 4.98 Å². The van der Waals surface area contributed by atoms with Gasteiger partial charge in [-0.2, -0.15) is 0 Å². The lowest BCUT2D eigenvalue weighted by Gasteiger charge is -2.09. The molecule has 0 saturated heterocycles. The zero-order chi connectivity index (χ0) is 14.3. The molecule has 1 aliphatic rings. The van der Waals surface area contributed by atoms with Crippen LogP contribution in [0.2, 0.25) is 0 Å². The summed E-state index contributed by atoms with van der Waals surface area (Å²) in [5.74, 6) is 2.27. The van der Waals surface area contributed by atoms with Gasteiger partial charge < -0.3 is 4.57 Å². The topological polar surface area (TPSA) is 43.6 Å². The number of fused-ring (bicyclic) bond motifs is 1. The lowest BCUT2D eigenvalue weighted by atomic mass is 10.1. The maximum atomic E-state index is 4.45. The summed E-state index contributed by atoms with van der Waals surface area (Å²) in [7, 11) is 0. The summed E-state index contributed by atoms with van der Waals surface area (Å²) in [6.07, 6.45) is 14.9. The Morgan fingerprint density at radius 1 is 0.952 bits per heavy atom. The minimum atomic E-state index is 0.834. The lowest BCUT2D eigenvalue weighted by molar-refractivity contribution is 0.549. The largest absolute Gasteiger partial charge is 0.315 e. The van der Waals surface area contributed by atoms with Gasteiger partial charge >= 0.3 is 0 Å². The Morgan fingerprint density at radius 3 is 2.57 bits per heavy atom. The van der Waals surface area contributed by atoms with E-state index >= 15 is 0 Å². The molecule has 0 N–H and O–H groups in total. The molecule has 0 aromatic carbocycles. The molecule has 2 aromatic rings. The Labute approximate surface area is 126 Å². The van der Waals surface area contributed by atoms with E-state index in [1.54, 1.807) is 0 Å². The molecule has 0 amide bonds. The predicted molar refractivity (Wildman–Crippen MR) is 83.1 cm³/mol. The number of hydrogen-bond donors (Lipinski definition) is 0. The van der Waals surface area contributed by atoms with Crippen LogP contribution in [0.3, 0.4) is 0 Å². The zero-order valence-electron chi connectivity index (χ0n) is 12.7. The highest BCUT2D eigenvalue weighted by molar-refractivity contribution is 5.15. The number of aryl methyl sites for hydroxylation is 1. The second-order valence-electron chi connectivity index (χ2n) is 5.95. The van der Waals surface area contributed by atoms with Crippen LogP contribution in [0, 0.1) is 0 Å². The van der Waals surface area contributed by atoms with Crippen molar-refractivity contribution in [2.45, 2.75) is 64.3 Å². The molecular formula is C17H24N4. The van der Waals surface area contributed by atoms with Crippen LogP contribution in [0.15, 0.2) is 24.5 Å². The highest BCUT2D eigenvalue weighted by Crippen LogP contribution is 2.16. The third-order valence-electron chi connectivity index (χ3n) is 4.27. The SMILES string of the molecule is c1cncc(Cc2nnc3n2CCCCCCCCC3)c1. The van der Waals surface area contributed by atoms with Crippen LogP contribution in [-0.4, -0.2) is 19.7 Å². The van der Waals surface area contributed by atoms with Gasteiger partial charge in [-0.25, -0.2) is 0 Å². The van der Waals surface area contributed by atoms with Crippen LogP contribution in [0.5, 0.6) is 0 Å². The minimum absolute atomic E-state index is 0.834. The fourth-order valence-electron chi connectivity index (χ4n) is 3.07. The summed E-state index contributed by atoms with van der Waals surface area (Å²) >= 11 is 0. The van der Waals surface area contributed by atoms with E-state index in [1.807, 2.05) is 18.5 Å². The highest BCUT2D eigenvalue weighted by atomic mass is 15.3. The lowest BCUT2D eigenvalue weighted by Crippen LogP contribution is -2.09. The van der Waals surface area contributed by atoms with Crippen LogP contribution in [0.25, 0.3) is 0 Å². The third kappa shape index (κ3) is 3.90. The van der Waals surface area contributed by atoms with E-state index in [0.29, 0.717) is 0 Å². The number of rotatable bonds is 2. The van der Waals surface area contributed by atoms with Crippen LogP contribution < -0.4 is 0 Å². The van der Waals surface area contributed by atoms with Crippen LogP contribution in [-0.2, 0) is 19.4 Å². The van der Waals surface area contributed by atoms with Crippen molar-refractivity contribution in [1.82, 2.24) is 19.7 Å². The number of pyridine rings is 1. The Balaban J connectivity index is 1.77. The van der Waals surface area contributed by atoms with Gasteiger partial charge in [0.15, 0.2) is 0 Å². The normalized spacial score (nSPS) is 17.0. The molecular weight excluding hydrogens is 260 g/mol. The molecule has 0 aliphatic carbocycles. The molecule has 3 heterocycles. The molecule has 0 fully saturated rings. The van der Waals surface area contributed by atoms with Crippen molar-refractivity contribution in [2.75, 3.05) is 0 Å². The first-order valence-corrected chi connectivity index (χ1v) is 8.23. The van der Waals surface area contributed by atoms with Crippen LogP contribution >= 0.6 is 0 Å². The zero-order valence-corrected chi connectivity index (χ0v) is 12.7. The molecule has 4 heteroatoms. The molecule has 21 heavy (non-hydrogen) atoms. The van der Waals surface area contributed by atoms with Gasteiger partial charge in [0.05, 0.1) is 0 Å². The van der Waals surface area contributed by atoms with Crippen molar-refractivity contribution in [3.8, 4) is 0 Å². The summed E-state index contributed by atoms with van der Waals surface area (Å²) < 4.78 is 2.36. The molecule has 3 rings (SSSR count). The second kappa shape index (κ2) is 7.34. The Kier molecular flexibility index (Phi) is 4.98. The van der Waals surface area contributed by atoms with Gasteiger partial charge in [0.1, 0.15) is 11.6 Å². The Bertz CT molecular complexity index is 547. The third-order valence-corrected chi connectivity index (χ3v) is 4.27. The molecule has 0 unspecified atom stereocenters. The van der Waals surface area contributed by atoms with Crippen molar-refractivity contribution in [3.05, 3.63) is 41.7 Å². The molecule has 112 valence electrons. The maximum Gasteiger partial charge on any atom is 0.137 e. The average Bonchev–Trinajstić information content (AvgIpc) is 2.86. The Morgan fingerprint density at radius 2 is 1.76 bits per heavy atom. The molecule has 0 radical (unpaired) electrons. The first-order valence-electron chi connectivity index (χ1n) is 8.23. The van der Waals surface area contributed by atoms with Gasteiger partial charge in [-0.1, -0.05) is 38.2 Å². The number of nitrogens with zero attached hydrogens (tertiary/aromatic N) is 4. The predicted octanol–water partition coefficient (Wildman–Crippen LogP) is 3.55. The second-order valence-corrected chi connectivity index (χ2v) is 5.95. The van der Waals surface area contributed by atoms with Crippen molar-refractivity contribution < 1.29 is 0 Å². The van der Waals surface area contributed by atoms with Crippen molar-refractivity contribution in [3.63, 3.8) is 0 Å². The average molecular weight is 284 g/mol. The van der Waals surface area contributed by atoms with E-state index < -0.39 is 0 Å². The van der Waals surface area contributed by atoms with E-state index in [-0.39, 0.29) is 0 Å². The molecule has 0 atom stereocenters. The summed E-state index contributed by atoms with van der Waals surface area (Å²) in [4.78, 5) is 4.19. The monoisotopic (exact) mass is 284 g/mol. The summed E-state index contributed by atoms with van der Waals surface area (Å²) in [5, 5.41) is 8.90. The van der Waals surface area contributed by atoms with E-state index in [4.69, 9.17) is 0 Å². The van der Waals surface area contributed by atoms with Crippen LogP contribution in [0.1, 0.15) is 62.2 Å². The number of aromatic nitrogens is 4. The Hall–Kier alpha value is -1.71. The van der Waals surface area contributed by atoms with E-state index in [0.717, 1.165) is 25.2 Å². The van der Waals surface area contributed by atoms with Gasteiger partial charge in [-0.05, 0) is 24.5 Å². The van der Waals surface area contributed by atoms with Gasteiger partial charge in [0, 0.05) is 31.8 Å². The van der Waals surface area contributed by atoms with E-state index in [9.17, 15) is 0 Å². The standard InChI is InChI=1S/C17H24N4/c1-2-4-6-10-16-19-20-17(21(16)12-7-5-3-1)13-15-9-8-11-18-14-15/h8-9,11,14H,1-7,10,12-13H2. The first kappa shape index (κ1) is 14.2. The molecule has 4 nitrogen and oxygen atoms in total. The van der Waals surface area contributed by atoms with Crippen molar-refractivity contribution >= 4 is 0 Å². The molecule has 2 aromatic heterocycles. The van der Waals surface area contributed by atoms with E-state index in [1.165, 1.54) is 56.3 Å². The van der Waals surface area contributed by atoms with Gasteiger partial charge in [0.2, 0.25) is 0 Å². The number of hydrogen-bond acceptors (Lipinski definition) is 3. The molecule has 0 spiro atoms. The fraction of sp³-hybridized carbons (Fsp3) is 0.588. The smallest absolute Gasteiger partial charge is 0.137 e. The first-order chi connectivity index (χ1) is 10.4. The molecule has 1 aliphatic heterocycles.